The Hall–Kier alpha value is -1.58. The number of hydrogen-bond acceptors (Lipinski definition) is 2. The summed E-state index contributed by atoms with van der Waals surface area (Å²) in [6.45, 7) is 0.289. The van der Waals surface area contributed by atoms with Crippen LogP contribution in [0.4, 0.5) is 4.39 Å². The second kappa shape index (κ2) is 5.85. The summed E-state index contributed by atoms with van der Waals surface area (Å²) in [6.07, 6.45) is -0.342. The van der Waals surface area contributed by atoms with Gasteiger partial charge in [0.1, 0.15) is 17.7 Å². The summed E-state index contributed by atoms with van der Waals surface area (Å²) in [4.78, 5) is 0. The van der Waals surface area contributed by atoms with Crippen LogP contribution >= 0.6 is 11.6 Å². The maximum atomic E-state index is 13.1. The maximum absolute atomic E-state index is 13.1. The molecule has 0 heterocycles. The summed E-state index contributed by atoms with van der Waals surface area (Å²) >= 11 is 5.92. The molecule has 4 heteroatoms. The molecular weight excluding hydrogens is 253 g/mol. The molecule has 0 aromatic heterocycles. The zero-order chi connectivity index (χ0) is 13.0. The van der Waals surface area contributed by atoms with Crippen molar-refractivity contribution < 1.29 is 9.13 Å². The fraction of sp³-hybridized carbons (Fsp3) is 0.143. The Balaban J connectivity index is 2.19. The summed E-state index contributed by atoms with van der Waals surface area (Å²) < 4.78 is 18.7. The van der Waals surface area contributed by atoms with Crippen molar-refractivity contribution in [2.24, 2.45) is 5.73 Å². The van der Waals surface area contributed by atoms with Crippen molar-refractivity contribution in [1.29, 1.82) is 0 Å². The van der Waals surface area contributed by atoms with Crippen molar-refractivity contribution in [3.05, 3.63) is 64.9 Å². The molecule has 2 rings (SSSR count). The van der Waals surface area contributed by atoms with Crippen LogP contribution in [0.1, 0.15) is 11.7 Å². The third-order valence-corrected chi connectivity index (χ3v) is 2.74. The molecule has 1 unspecified atom stereocenters. The van der Waals surface area contributed by atoms with E-state index in [1.54, 1.807) is 24.3 Å². The molecule has 1 atom stereocenters. The van der Waals surface area contributed by atoms with Gasteiger partial charge >= 0.3 is 0 Å². The minimum atomic E-state index is -0.342. The first-order valence-electron chi connectivity index (χ1n) is 5.57. The van der Waals surface area contributed by atoms with E-state index in [9.17, 15) is 4.39 Å². The average Bonchev–Trinajstić information content (AvgIpc) is 2.36. The van der Waals surface area contributed by atoms with Gasteiger partial charge in [-0.25, -0.2) is 4.39 Å². The summed E-state index contributed by atoms with van der Waals surface area (Å²) in [6, 6.07) is 13.3. The fourth-order valence-electron chi connectivity index (χ4n) is 1.66. The molecule has 2 N–H and O–H groups in total. The first-order valence-corrected chi connectivity index (χ1v) is 5.94. The van der Waals surface area contributed by atoms with Gasteiger partial charge in [0.25, 0.3) is 0 Å². The maximum Gasteiger partial charge on any atom is 0.136 e. The molecule has 0 saturated heterocycles. The smallest absolute Gasteiger partial charge is 0.136 e. The van der Waals surface area contributed by atoms with Crippen molar-refractivity contribution in [2.45, 2.75) is 6.10 Å². The monoisotopic (exact) mass is 265 g/mol. The topological polar surface area (TPSA) is 35.2 Å². The Morgan fingerprint density at radius 1 is 1.17 bits per heavy atom. The zero-order valence-electron chi connectivity index (χ0n) is 9.64. The van der Waals surface area contributed by atoms with E-state index in [2.05, 4.69) is 0 Å². The highest BCUT2D eigenvalue weighted by Gasteiger charge is 2.12. The predicted octanol–water partition coefficient (Wildman–Crippen LogP) is 3.56. The van der Waals surface area contributed by atoms with Gasteiger partial charge in [0.2, 0.25) is 0 Å². The lowest BCUT2D eigenvalue weighted by atomic mass is 10.1. The standard InChI is InChI=1S/C14H13ClFNO/c15-11-4-1-3-10(7-11)14(9-17)18-13-6-2-5-12(16)8-13/h1-8,14H,9,17H2. The summed E-state index contributed by atoms with van der Waals surface area (Å²) in [7, 11) is 0. The normalized spacial score (nSPS) is 12.2. The number of rotatable bonds is 4. The van der Waals surface area contributed by atoms with E-state index in [1.165, 1.54) is 12.1 Å². The van der Waals surface area contributed by atoms with Crippen molar-refractivity contribution in [3.63, 3.8) is 0 Å². The summed E-state index contributed by atoms with van der Waals surface area (Å²) in [5.41, 5.74) is 6.55. The van der Waals surface area contributed by atoms with Crippen LogP contribution in [0.5, 0.6) is 5.75 Å². The van der Waals surface area contributed by atoms with Crippen LogP contribution < -0.4 is 10.5 Å². The highest BCUT2D eigenvalue weighted by atomic mass is 35.5. The van der Waals surface area contributed by atoms with Crippen molar-refractivity contribution in [1.82, 2.24) is 0 Å². The molecule has 2 aromatic carbocycles. The number of benzene rings is 2. The summed E-state index contributed by atoms with van der Waals surface area (Å²) in [5.74, 6) is 0.111. The summed E-state index contributed by atoms with van der Waals surface area (Å²) in [5, 5.41) is 0.619. The van der Waals surface area contributed by atoms with Crippen molar-refractivity contribution >= 4 is 11.6 Å². The largest absolute Gasteiger partial charge is 0.484 e. The molecule has 0 fully saturated rings. The van der Waals surface area contributed by atoms with Crippen LogP contribution in [0, 0.1) is 5.82 Å². The minimum absolute atomic E-state index is 0.289. The van der Waals surface area contributed by atoms with E-state index in [0.717, 1.165) is 5.56 Å². The molecule has 2 aromatic rings. The Morgan fingerprint density at radius 2 is 1.94 bits per heavy atom. The van der Waals surface area contributed by atoms with Gasteiger partial charge in [0, 0.05) is 17.6 Å². The fourth-order valence-corrected chi connectivity index (χ4v) is 1.86. The molecule has 0 bridgehead atoms. The Morgan fingerprint density at radius 3 is 2.61 bits per heavy atom. The van der Waals surface area contributed by atoms with E-state index >= 15 is 0 Å². The van der Waals surface area contributed by atoms with E-state index in [-0.39, 0.29) is 18.5 Å². The van der Waals surface area contributed by atoms with Gasteiger partial charge in [-0.05, 0) is 29.8 Å². The second-order valence-corrected chi connectivity index (χ2v) is 4.29. The molecule has 2 nitrogen and oxygen atoms in total. The number of hydrogen-bond donors (Lipinski definition) is 1. The molecule has 0 amide bonds. The predicted molar refractivity (Wildman–Crippen MR) is 70.3 cm³/mol. The van der Waals surface area contributed by atoms with Crippen LogP contribution in [0.15, 0.2) is 48.5 Å². The zero-order valence-corrected chi connectivity index (χ0v) is 10.4. The van der Waals surface area contributed by atoms with Gasteiger partial charge in [-0.2, -0.15) is 0 Å². The first kappa shape index (κ1) is 12.9. The van der Waals surface area contributed by atoms with Crippen molar-refractivity contribution in [2.75, 3.05) is 6.54 Å². The Bertz CT molecular complexity index is 533. The highest BCUT2D eigenvalue weighted by molar-refractivity contribution is 6.30. The molecular formula is C14H13ClFNO. The van der Waals surface area contributed by atoms with Crippen molar-refractivity contribution in [3.8, 4) is 5.75 Å². The molecule has 0 aliphatic carbocycles. The average molecular weight is 266 g/mol. The van der Waals surface area contributed by atoms with Crippen LogP contribution in [-0.4, -0.2) is 6.54 Å². The van der Waals surface area contributed by atoms with Gasteiger partial charge in [-0.1, -0.05) is 29.8 Å². The van der Waals surface area contributed by atoms with Crippen LogP contribution in [-0.2, 0) is 0 Å². The van der Waals surface area contributed by atoms with E-state index in [1.807, 2.05) is 12.1 Å². The van der Waals surface area contributed by atoms with Gasteiger partial charge in [-0.15, -0.1) is 0 Å². The van der Waals surface area contributed by atoms with E-state index in [0.29, 0.717) is 10.8 Å². The molecule has 0 saturated carbocycles. The third kappa shape index (κ3) is 3.22. The molecule has 0 aliphatic heterocycles. The number of ether oxygens (including phenoxy) is 1. The lowest BCUT2D eigenvalue weighted by Gasteiger charge is -2.18. The number of halogens is 2. The van der Waals surface area contributed by atoms with Crippen LogP contribution in [0.3, 0.4) is 0 Å². The second-order valence-electron chi connectivity index (χ2n) is 3.85. The van der Waals surface area contributed by atoms with Gasteiger partial charge in [-0.3, -0.25) is 0 Å². The quantitative estimate of drug-likeness (QED) is 0.917. The molecule has 0 aliphatic rings. The SMILES string of the molecule is NCC(Oc1cccc(F)c1)c1cccc(Cl)c1. The van der Waals surface area contributed by atoms with Crippen LogP contribution in [0.2, 0.25) is 5.02 Å². The van der Waals surface area contributed by atoms with E-state index in [4.69, 9.17) is 22.1 Å². The first-order chi connectivity index (χ1) is 8.69. The third-order valence-electron chi connectivity index (χ3n) is 2.51. The molecule has 0 radical (unpaired) electrons. The lowest BCUT2D eigenvalue weighted by molar-refractivity contribution is 0.213. The molecule has 94 valence electrons. The van der Waals surface area contributed by atoms with Gasteiger partial charge in [0.05, 0.1) is 0 Å². The van der Waals surface area contributed by atoms with Crippen LogP contribution in [0.25, 0.3) is 0 Å². The van der Waals surface area contributed by atoms with Gasteiger partial charge < -0.3 is 10.5 Å². The highest BCUT2D eigenvalue weighted by Crippen LogP contribution is 2.23. The Kier molecular flexibility index (Phi) is 4.18. The molecule has 0 spiro atoms. The van der Waals surface area contributed by atoms with Gasteiger partial charge in [0.15, 0.2) is 0 Å². The Labute approximate surface area is 110 Å². The molecule has 18 heavy (non-hydrogen) atoms. The van der Waals surface area contributed by atoms with E-state index < -0.39 is 0 Å². The minimum Gasteiger partial charge on any atom is -0.484 e. The number of nitrogens with two attached hydrogens (primary N) is 1. The lowest BCUT2D eigenvalue weighted by Crippen LogP contribution is -2.18.